The summed E-state index contributed by atoms with van der Waals surface area (Å²) in [5, 5.41) is 16.2. The normalized spacial score (nSPS) is 9.94. The minimum Gasteiger partial charge on any atom is -0.341 e. The molecule has 0 aliphatic rings. The lowest BCUT2D eigenvalue weighted by molar-refractivity contribution is 0.254. The molecule has 1 radical (unpaired) electrons. The zero-order chi connectivity index (χ0) is 12.3. The summed E-state index contributed by atoms with van der Waals surface area (Å²) in [6, 6.07) is 6.75. The van der Waals surface area contributed by atoms with Crippen LogP contribution >= 0.6 is 12.6 Å². The van der Waals surface area contributed by atoms with Crippen LogP contribution in [0.1, 0.15) is 0 Å². The molecule has 17 heavy (non-hydrogen) atoms. The van der Waals surface area contributed by atoms with Gasteiger partial charge in [0.25, 0.3) is 0 Å². The fraction of sp³-hybridized carbons (Fsp3) is 0.111. The lowest BCUT2D eigenvalue weighted by atomic mass is 10.3. The third-order valence-corrected chi connectivity index (χ3v) is 2.27. The molecular weight excluding hydrogens is 240 g/mol. The second-order valence-corrected chi connectivity index (χ2v) is 3.49. The maximum Gasteiger partial charge on any atom is 0.318 e. The van der Waals surface area contributed by atoms with Crippen LogP contribution in [0.5, 0.6) is 0 Å². The first-order valence-electron chi connectivity index (χ1n) is 4.75. The highest BCUT2D eigenvalue weighted by Crippen LogP contribution is 2.15. The molecule has 8 heteroatoms. The molecule has 2 rings (SSSR count). The maximum absolute atomic E-state index is 11.2. The molecule has 0 fully saturated rings. The van der Waals surface area contributed by atoms with E-state index >= 15 is 0 Å². The highest BCUT2D eigenvalue weighted by Gasteiger charge is 2.06. The van der Waals surface area contributed by atoms with E-state index in [1.54, 1.807) is 31.3 Å². The van der Waals surface area contributed by atoms with Crippen LogP contribution in [0.4, 0.5) is 10.5 Å². The average Bonchev–Trinajstić information content (AvgIpc) is 2.75. The van der Waals surface area contributed by atoms with Gasteiger partial charge in [0, 0.05) is 12.7 Å². The van der Waals surface area contributed by atoms with Crippen molar-refractivity contribution in [3.63, 3.8) is 0 Å². The van der Waals surface area contributed by atoms with Crippen LogP contribution in [0.25, 0.3) is 5.69 Å². The highest BCUT2D eigenvalue weighted by atomic mass is 32.1. The van der Waals surface area contributed by atoms with Crippen LogP contribution in [0.15, 0.2) is 29.4 Å². The van der Waals surface area contributed by atoms with Crippen molar-refractivity contribution in [2.75, 3.05) is 12.4 Å². The maximum atomic E-state index is 11.2. The summed E-state index contributed by atoms with van der Waals surface area (Å²) in [4.78, 5) is 11.2. The number of hydrogen-bond acceptors (Lipinski definition) is 4. The number of carbonyl (C=O) groups excluding carboxylic acids is 1. The SMILES string of the molecule is CNC(=O)Nc1cccc(-n2nnnc2[S])c1. The monoisotopic (exact) mass is 249 g/mol. The Bertz CT molecular complexity index is 540. The molecule has 2 aromatic rings. The second-order valence-electron chi connectivity index (χ2n) is 3.13. The largest absolute Gasteiger partial charge is 0.341 e. The van der Waals surface area contributed by atoms with Gasteiger partial charge in [0.2, 0.25) is 5.16 Å². The van der Waals surface area contributed by atoms with E-state index in [0.29, 0.717) is 11.4 Å². The summed E-state index contributed by atoms with van der Waals surface area (Å²) in [6.45, 7) is 0. The Hall–Kier alpha value is -2.22. The lowest BCUT2D eigenvalue weighted by Crippen LogP contribution is -2.24. The molecule has 1 aromatic carbocycles. The van der Waals surface area contributed by atoms with Crippen LogP contribution in [0.2, 0.25) is 0 Å². The van der Waals surface area contributed by atoms with E-state index in [1.165, 1.54) is 4.68 Å². The summed E-state index contributed by atoms with van der Waals surface area (Å²) < 4.78 is 1.41. The fourth-order valence-electron chi connectivity index (χ4n) is 1.25. The minimum atomic E-state index is -0.294. The van der Waals surface area contributed by atoms with E-state index in [2.05, 4.69) is 26.2 Å². The van der Waals surface area contributed by atoms with Crippen molar-refractivity contribution < 1.29 is 4.79 Å². The van der Waals surface area contributed by atoms with Crippen molar-refractivity contribution in [1.29, 1.82) is 0 Å². The number of aromatic nitrogens is 4. The quantitative estimate of drug-likeness (QED) is 0.830. The van der Waals surface area contributed by atoms with Crippen LogP contribution in [0.3, 0.4) is 0 Å². The zero-order valence-corrected chi connectivity index (χ0v) is 9.73. The first-order chi connectivity index (χ1) is 8.20. The molecule has 2 amide bonds. The zero-order valence-electron chi connectivity index (χ0n) is 8.91. The molecule has 0 atom stereocenters. The Morgan fingerprint density at radius 2 is 2.29 bits per heavy atom. The second kappa shape index (κ2) is 4.74. The summed E-state index contributed by atoms with van der Waals surface area (Å²) in [7, 11) is 1.54. The van der Waals surface area contributed by atoms with Crippen molar-refractivity contribution in [2.24, 2.45) is 0 Å². The number of anilines is 1. The number of carbonyl (C=O) groups is 1. The summed E-state index contributed by atoms with van der Waals surface area (Å²) in [5.74, 6) is 0. The Morgan fingerprint density at radius 1 is 1.47 bits per heavy atom. The molecule has 87 valence electrons. The molecule has 2 N–H and O–H groups in total. The smallest absolute Gasteiger partial charge is 0.318 e. The van der Waals surface area contributed by atoms with Gasteiger partial charge in [-0.05, 0) is 41.3 Å². The predicted octanol–water partition coefficient (Wildman–Crippen LogP) is 0.970. The van der Waals surface area contributed by atoms with E-state index in [0.717, 1.165) is 0 Å². The van der Waals surface area contributed by atoms with Gasteiger partial charge in [-0.1, -0.05) is 11.2 Å². The molecule has 0 aliphatic heterocycles. The summed E-state index contributed by atoms with van der Waals surface area (Å²) in [6.07, 6.45) is 0. The van der Waals surface area contributed by atoms with Crippen molar-refractivity contribution in [3.05, 3.63) is 24.3 Å². The molecule has 0 aliphatic carbocycles. The Balaban J connectivity index is 2.29. The number of nitrogens with one attached hydrogen (secondary N) is 2. The third-order valence-electron chi connectivity index (χ3n) is 2.02. The molecule has 0 unspecified atom stereocenters. The van der Waals surface area contributed by atoms with Gasteiger partial charge in [-0.15, -0.1) is 0 Å². The fourth-order valence-corrected chi connectivity index (χ4v) is 1.43. The van der Waals surface area contributed by atoms with Gasteiger partial charge in [-0.2, -0.15) is 4.68 Å². The van der Waals surface area contributed by atoms with E-state index in [4.69, 9.17) is 12.6 Å². The third kappa shape index (κ3) is 2.48. The predicted molar refractivity (Wildman–Crippen MR) is 63.1 cm³/mol. The number of benzene rings is 1. The van der Waals surface area contributed by atoms with Gasteiger partial charge >= 0.3 is 6.03 Å². The molecule has 0 saturated carbocycles. The Labute approximate surface area is 103 Å². The van der Waals surface area contributed by atoms with Crippen LogP contribution in [-0.2, 0) is 0 Å². The summed E-state index contributed by atoms with van der Waals surface area (Å²) >= 11 is 4.95. The van der Waals surface area contributed by atoms with Gasteiger partial charge < -0.3 is 10.6 Å². The standard InChI is InChI=1S/C9H9N6OS/c1-10-8(16)11-6-3-2-4-7(5-6)15-9(17)12-13-14-15/h2-5H,1H3,(H2,10,11,16). The summed E-state index contributed by atoms with van der Waals surface area (Å²) in [5.41, 5.74) is 1.32. The first-order valence-corrected chi connectivity index (χ1v) is 5.16. The number of nitrogens with zero attached hydrogens (tertiary/aromatic N) is 4. The Kier molecular flexibility index (Phi) is 3.15. The van der Waals surface area contributed by atoms with Gasteiger partial charge in [0.1, 0.15) is 0 Å². The molecule has 0 bridgehead atoms. The van der Waals surface area contributed by atoms with Gasteiger partial charge in [-0.25, -0.2) is 4.79 Å². The average molecular weight is 249 g/mol. The van der Waals surface area contributed by atoms with Crippen molar-refractivity contribution >= 4 is 24.3 Å². The van der Waals surface area contributed by atoms with Crippen molar-refractivity contribution in [1.82, 2.24) is 25.5 Å². The number of hydrogen-bond donors (Lipinski definition) is 2. The van der Waals surface area contributed by atoms with Gasteiger partial charge in [-0.3, -0.25) is 0 Å². The van der Waals surface area contributed by atoms with Crippen molar-refractivity contribution in [2.45, 2.75) is 5.16 Å². The number of amides is 2. The van der Waals surface area contributed by atoms with Crippen LogP contribution < -0.4 is 10.6 Å². The van der Waals surface area contributed by atoms with E-state index in [-0.39, 0.29) is 11.2 Å². The molecule has 1 aromatic heterocycles. The molecule has 0 spiro atoms. The van der Waals surface area contributed by atoms with Crippen LogP contribution in [0, 0.1) is 0 Å². The minimum absolute atomic E-state index is 0.266. The lowest BCUT2D eigenvalue weighted by Gasteiger charge is -2.06. The van der Waals surface area contributed by atoms with E-state index in [1.807, 2.05) is 0 Å². The topological polar surface area (TPSA) is 84.7 Å². The highest BCUT2D eigenvalue weighted by molar-refractivity contribution is 7.80. The van der Waals surface area contributed by atoms with Crippen LogP contribution in [-0.4, -0.2) is 33.3 Å². The van der Waals surface area contributed by atoms with Gasteiger partial charge in [0.05, 0.1) is 5.69 Å². The number of urea groups is 1. The molecular formula is C9H9N6OS. The Morgan fingerprint density at radius 3 is 2.94 bits per heavy atom. The van der Waals surface area contributed by atoms with Crippen molar-refractivity contribution in [3.8, 4) is 5.69 Å². The van der Waals surface area contributed by atoms with E-state index < -0.39 is 0 Å². The molecule has 0 saturated heterocycles. The first kappa shape index (κ1) is 11.3. The van der Waals surface area contributed by atoms with Gasteiger partial charge in [0.15, 0.2) is 0 Å². The number of tetrazole rings is 1. The van der Waals surface area contributed by atoms with E-state index in [9.17, 15) is 4.79 Å². The number of rotatable bonds is 2. The molecule has 1 heterocycles. The molecule has 7 nitrogen and oxygen atoms in total.